The number of pyridine rings is 1. The summed E-state index contributed by atoms with van der Waals surface area (Å²) in [7, 11) is 0. The van der Waals surface area contributed by atoms with E-state index in [1.807, 2.05) is 181 Å². The third-order valence-corrected chi connectivity index (χ3v) is 19.6. The van der Waals surface area contributed by atoms with Crippen LogP contribution < -0.4 is 17.0 Å². The molecule has 15 heteroatoms. The molecular weight excluding hydrogens is 1480 g/mol. The van der Waals surface area contributed by atoms with E-state index >= 15 is 0 Å². The Morgan fingerprint density at radius 1 is 0.642 bits per heavy atom. The van der Waals surface area contributed by atoms with Crippen molar-refractivity contribution >= 4 is 83.5 Å². The minimum atomic E-state index is -4.20. The number of quaternary nitrogens is 1. The largest absolute Gasteiger partial charge is 1.00 e. The number of thioether (sulfide) groups is 1. The molecule has 5 atom stereocenters. The quantitative estimate of drug-likeness (QED) is 0.0173. The number of aliphatic hydroxyl groups is 1. The summed E-state index contributed by atoms with van der Waals surface area (Å²) in [6.07, 6.45) is 9.90. The number of aliphatic hydroxyl groups excluding tert-OH is 1. The van der Waals surface area contributed by atoms with Gasteiger partial charge >= 0.3 is 17.4 Å². The van der Waals surface area contributed by atoms with Crippen molar-refractivity contribution < 1.29 is 58.8 Å². The van der Waals surface area contributed by atoms with Gasteiger partial charge in [0.15, 0.2) is 6.04 Å². The van der Waals surface area contributed by atoms with Gasteiger partial charge in [0.2, 0.25) is 0 Å². The van der Waals surface area contributed by atoms with Gasteiger partial charge in [0.25, 0.3) is 0 Å². The number of aromatic nitrogens is 1. The summed E-state index contributed by atoms with van der Waals surface area (Å²) in [4.78, 5) is 39.3. The second kappa shape index (κ2) is 39.5. The van der Waals surface area contributed by atoms with Crippen LogP contribution in [0.2, 0.25) is 0 Å². The number of rotatable bonds is 18. The van der Waals surface area contributed by atoms with E-state index in [-0.39, 0.29) is 58.7 Å². The number of ether oxygens (including phenoxy) is 2. The van der Waals surface area contributed by atoms with Gasteiger partial charge in [-0.1, -0.05) is 258 Å². The first kappa shape index (κ1) is 82.6. The Labute approximate surface area is 647 Å². The van der Waals surface area contributed by atoms with Crippen LogP contribution in [-0.4, -0.2) is 93.0 Å². The molecule has 3 fully saturated rings. The van der Waals surface area contributed by atoms with Gasteiger partial charge in [0.05, 0.1) is 42.7 Å². The Bertz CT molecular complexity index is 4550. The van der Waals surface area contributed by atoms with Crippen LogP contribution in [0.25, 0.3) is 32.4 Å². The molecule has 11 aromatic rings. The minimum Gasteiger partial charge on any atom is -1.00 e. The third-order valence-electron chi connectivity index (χ3n) is 18.3. The van der Waals surface area contributed by atoms with Crippen molar-refractivity contribution in [3.05, 3.63) is 336 Å². The second-order valence-electron chi connectivity index (χ2n) is 28.3. The zero-order valence-electron chi connectivity index (χ0n) is 61.4. The number of benzene rings is 10. The molecule has 14 rings (SSSR count). The van der Waals surface area contributed by atoms with Crippen molar-refractivity contribution in [1.29, 1.82) is 0 Å². The first-order valence-corrected chi connectivity index (χ1v) is 37.5. The van der Waals surface area contributed by atoms with Crippen molar-refractivity contribution in [1.82, 2.24) is 4.98 Å². The molecule has 3 aliphatic heterocycles. The molecule has 10 aromatic carbocycles. The van der Waals surface area contributed by atoms with E-state index in [1.165, 1.54) is 92.2 Å². The summed E-state index contributed by atoms with van der Waals surface area (Å²) in [6.45, 7) is 24.4. The number of alkyl halides is 4. The van der Waals surface area contributed by atoms with Gasteiger partial charge < -0.3 is 36.0 Å². The van der Waals surface area contributed by atoms with Crippen LogP contribution in [-0.2, 0) is 43.8 Å². The van der Waals surface area contributed by atoms with Crippen molar-refractivity contribution in [2.45, 2.75) is 120 Å². The molecule has 0 aliphatic carbocycles. The van der Waals surface area contributed by atoms with Gasteiger partial charge in [-0.05, 0) is 135 Å². The summed E-state index contributed by atoms with van der Waals surface area (Å²) < 4.78 is 47.8. The standard InChI is InChI=1S/C34H33N2.C27H29NO2.C19H21NO2.C8H6BrF3S.C3H6O.BrH/c1-2-24-22-36(23-33-30-11-5-3-9-26(30)19-27-10-4-6-12-31(27)33)18-16-25(24)20-29(36)21-28-15-17-35-34-14-8-7-13-32(28)34;1-20-15-17-21(18-16-20)19-24(26(29)30-27(2,3)4)28-25(22-11-7-5-8-12-22)23-13-9-6-10-14-23;1-19(2,3)22-17(21)14-20-18(15-10-6-4-7-11-15)16-12-8-5-9-13-16;9-5-6-1-3-7(4-2-6)13-8(10,11)12;1-2-3-4;/h2-15,17,19,24-25,29H,1,16,18,20-23H2;5-18,24H,19H2,1-4H3;4-13H,14H2,1-3H3;1-4H,5H2;2,4H,1,3H2;1H/q+1;;;;;/p-1/t24-,25-,29-,36?;24-;;;;/m00..../s1. The molecule has 4 heterocycles. The van der Waals surface area contributed by atoms with E-state index in [0.717, 1.165) is 69.2 Å². The number of hydrogen-bond acceptors (Lipinski definition) is 9. The van der Waals surface area contributed by atoms with Crippen LogP contribution in [0, 0.1) is 18.8 Å². The Hall–Kier alpha value is -9.09. The van der Waals surface area contributed by atoms with E-state index in [0.29, 0.717) is 23.7 Å². The smallest absolute Gasteiger partial charge is 0.446 e. The number of hydrogen-bond donors (Lipinski definition) is 1. The van der Waals surface area contributed by atoms with E-state index in [4.69, 9.17) is 19.6 Å². The minimum absolute atomic E-state index is 0. The molecule has 9 nitrogen and oxygen atoms in total. The fourth-order valence-corrected chi connectivity index (χ4v) is 14.4. The number of aliphatic imine (C=N–C) groups is 2. The Kier molecular flexibility index (Phi) is 30.8. The Balaban J connectivity index is 0.000000184. The third kappa shape index (κ3) is 24.5. The SMILES string of the molecule is C=CCO.C=C[C@H]1C[N+]2(Cc3c4ccccc4cc4ccccc34)CC[C@H]1C[C@H]2Cc1ccnc2ccccc12.CC(C)(C)OC(=O)CN=C(c1ccccc1)c1ccccc1.Cc1ccc(C[C@H](N=C(c2ccccc2)c2ccccc2)C(=O)OC(C)(C)C)cc1.FC(F)(F)Sc1ccc(CBr)cc1.[Br-]. The van der Waals surface area contributed by atoms with Gasteiger partial charge in [0, 0.05) is 81.2 Å². The highest BCUT2D eigenvalue weighted by atomic mass is 79.9. The maximum absolute atomic E-state index is 13.1. The van der Waals surface area contributed by atoms with Crippen LogP contribution in [0.5, 0.6) is 0 Å². The predicted molar refractivity (Wildman–Crippen MR) is 431 cm³/mol. The maximum Gasteiger partial charge on any atom is 0.446 e. The van der Waals surface area contributed by atoms with Crippen LogP contribution in [0.4, 0.5) is 13.2 Å². The van der Waals surface area contributed by atoms with Crippen LogP contribution in [0.3, 0.4) is 0 Å². The first-order valence-electron chi connectivity index (χ1n) is 35.6. The van der Waals surface area contributed by atoms with Crippen LogP contribution >= 0.6 is 27.7 Å². The number of nitrogens with zero attached hydrogens (tertiary/aromatic N) is 4. The average Bonchev–Trinajstić information content (AvgIpc) is 0.733. The van der Waals surface area contributed by atoms with Gasteiger partial charge in [-0.25, -0.2) is 4.79 Å². The van der Waals surface area contributed by atoms with Crippen molar-refractivity contribution in [3.63, 3.8) is 0 Å². The van der Waals surface area contributed by atoms with Crippen LogP contribution in [0.1, 0.15) is 104 Å². The molecule has 0 spiro atoms. The van der Waals surface area contributed by atoms with E-state index in [2.05, 4.69) is 149 Å². The number of fused-ring (bicyclic) bond motifs is 6. The zero-order chi connectivity index (χ0) is 75.0. The molecule has 3 aliphatic rings. The molecule has 1 N–H and O–H groups in total. The second-order valence-corrected chi connectivity index (χ2v) is 30.0. The number of aryl methyl sites for hydroxylation is 1. The Morgan fingerprint density at radius 2 is 1.12 bits per heavy atom. The predicted octanol–water partition coefficient (Wildman–Crippen LogP) is 18.7. The lowest BCUT2D eigenvalue weighted by molar-refractivity contribution is -0.980. The highest BCUT2D eigenvalue weighted by Gasteiger charge is 2.51. The number of piperidine rings is 3. The van der Waals surface area contributed by atoms with Gasteiger partial charge in [-0.15, -0.1) is 13.2 Å². The van der Waals surface area contributed by atoms with Crippen molar-refractivity contribution in [3.8, 4) is 0 Å². The number of halogens is 5. The number of carbonyl (C=O) groups is 2. The topological polar surface area (TPSA) is 110 Å². The summed E-state index contributed by atoms with van der Waals surface area (Å²) in [5.41, 5.74) is 7.53. The summed E-state index contributed by atoms with van der Waals surface area (Å²) in [6, 6.07) is 85.4. The van der Waals surface area contributed by atoms with Gasteiger partial charge in [-0.3, -0.25) is 19.8 Å². The van der Waals surface area contributed by atoms with E-state index in [1.54, 1.807) is 12.1 Å². The maximum atomic E-state index is 13.1. The monoisotopic (exact) mass is 1570 g/mol. The molecule has 1 unspecified atom stereocenters. The lowest BCUT2D eigenvalue weighted by atomic mass is 9.71. The average molecular weight is 1570 g/mol. The lowest BCUT2D eigenvalue weighted by Crippen LogP contribution is -3.00. The molecule has 0 amide bonds. The summed E-state index contributed by atoms with van der Waals surface area (Å²) >= 11 is 3.12. The van der Waals surface area contributed by atoms with E-state index in [9.17, 15) is 22.8 Å². The number of carbonyl (C=O) groups excluding carboxylic acids is 2. The number of esters is 2. The molecular formula is C91H95Br2F3N4O5S. The first-order chi connectivity index (χ1) is 50.4. The van der Waals surface area contributed by atoms with Crippen molar-refractivity contribution in [2.75, 3.05) is 26.2 Å². The molecule has 0 saturated carbocycles. The normalized spacial score (nSPS) is 16.0. The molecule has 0 radical (unpaired) electrons. The summed E-state index contributed by atoms with van der Waals surface area (Å²) in [5.74, 6) is 0.750. The lowest BCUT2D eigenvalue weighted by Gasteiger charge is -2.57. The summed E-state index contributed by atoms with van der Waals surface area (Å²) in [5, 5.41) is 15.3. The molecule has 550 valence electrons. The fraction of sp³-hybridized carbons (Fsp3) is 0.264. The Morgan fingerprint density at radius 3 is 1.61 bits per heavy atom. The fourth-order valence-electron chi connectivity index (χ4n) is 13.5. The van der Waals surface area contributed by atoms with Gasteiger partial charge in [-0.2, -0.15) is 13.2 Å². The zero-order valence-corrected chi connectivity index (χ0v) is 65.4. The molecule has 3 saturated heterocycles. The highest BCUT2D eigenvalue weighted by molar-refractivity contribution is 9.08. The number of para-hydroxylation sites is 1. The van der Waals surface area contributed by atoms with E-state index < -0.39 is 22.8 Å². The highest BCUT2D eigenvalue weighted by Crippen LogP contribution is 2.47. The van der Waals surface area contributed by atoms with Crippen LogP contribution in [0.15, 0.2) is 301 Å². The molecule has 106 heavy (non-hydrogen) atoms. The molecule has 2 bridgehead atoms. The molecule has 1 aromatic heterocycles. The van der Waals surface area contributed by atoms with Crippen molar-refractivity contribution in [2.24, 2.45) is 21.8 Å². The van der Waals surface area contributed by atoms with Gasteiger partial charge in [0.1, 0.15) is 24.3 Å².